The van der Waals surface area contributed by atoms with Crippen LogP contribution in [-0.4, -0.2) is 22.1 Å². The maximum absolute atomic E-state index is 11.8. The summed E-state index contributed by atoms with van der Waals surface area (Å²) in [6.07, 6.45) is 3.73. The Morgan fingerprint density at radius 1 is 1.29 bits per heavy atom. The van der Waals surface area contributed by atoms with Crippen LogP contribution in [0.25, 0.3) is 0 Å². The molecule has 1 aromatic carbocycles. The molecule has 17 heavy (non-hydrogen) atoms. The van der Waals surface area contributed by atoms with Gasteiger partial charge in [-0.1, -0.05) is 6.92 Å². The van der Waals surface area contributed by atoms with Crippen LogP contribution in [0.5, 0.6) is 5.75 Å². The summed E-state index contributed by atoms with van der Waals surface area (Å²) >= 11 is 0. The van der Waals surface area contributed by atoms with Gasteiger partial charge in [-0.15, -0.1) is 0 Å². The van der Waals surface area contributed by atoms with Crippen molar-refractivity contribution in [2.24, 2.45) is 0 Å². The van der Waals surface area contributed by atoms with Gasteiger partial charge in [-0.05, 0) is 43.5 Å². The van der Waals surface area contributed by atoms with Gasteiger partial charge in [-0.2, -0.15) is 0 Å². The van der Waals surface area contributed by atoms with Crippen molar-refractivity contribution in [2.45, 2.75) is 24.7 Å². The van der Waals surface area contributed by atoms with E-state index in [1.807, 2.05) is 13.3 Å². The molecule has 95 valence electrons. The Labute approximate surface area is 103 Å². The Hall–Kier alpha value is -1.07. The van der Waals surface area contributed by atoms with Crippen molar-refractivity contribution in [3.8, 4) is 5.75 Å². The summed E-state index contributed by atoms with van der Waals surface area (Å²) in [6, 6.07) is 6.34. The molecule has 0 spiro atoms. The molecule has 1 aromatic rings. The van der Waals surface area contributed by atoms with E-state index in [0.29, 0.717) is 12.3 Å². The molecule has 1 rings (SSSR count). The maximum Gasteiger partial charge on any atom is 0.240 e. The summed E-state index contributed by atoms with van der Waals surface area (Å²) < 4.78 is 31.2. The highest BCUT2D eigenvalue weighted by molar-refractivity contribution is 7.89. The smallest absolute Gasteiger partial charge is 0.240 e. The third-order valence-corrected chi connectivity index (χ3v) is 3.81. The van der Waals surface area contributed by atoms with Crippen LogP contribution < -0.4 is 9.46 Å². The largest absolute Gasteiger partial charge is 0.497 e. The van der Waals surface area contributed by atoms with Crippen LogP contribution in [0.4, 0.5) is 0 Å². The van der Waals surface area contributed by atoms with Gasteiger partial charge in [0.2, 0.25) is 10.0 Å². The molecule has 0 atom stereocenters. The quantitative estimate of drug-likeness (QED) is 0.759. The Kier molecular flexibility index (Phi) is 5.44. The van der Waals surface area contributed by atoms with Gasteiger partial charge in [0.15, 0.2) is 0 Å². The highest BCUT2D eigenvalue weighted by Crippen LogP contribution is 2.15. The molecule has 0 heterocycles. The molecule has 1 radical (unpaired) electrons. The summed E-state index contributed by atoms with van der Waals surface area (Å²) in [5.74, 6) is 0.643. The monoisotopic (exact) mass is 256 g/mol. The van der Waals surface area contributed by atoms with Gasteiger partial charge in [-0.25, -0.2) is 13.1 Å². The van der Waals surface area contributed by atoms with Crippen molar-refractivity contribution in [3.05, 3.63) is 30.7 Å². The number of unbranched alkanes of at least 4 members (excludes halogenated alkanes) is 2. The van der Waals surface area contributed by atoms with Gasteiger partial charge < -0.3 is 4.74 Å². The lowest BCUT2D eigenvalue weighted by molar-refractivity contribution is 0.414. The van der Waals surface area contributed by atoms with E-state index in [9.17, 15) is 8.42 Å². The summed E-state index contributed by atoms with van der Waals surface area (Å²) in [5.41, 5.74) is 0. The van der Waals surface area contributed by atoms with E-state index >= 15 is 0 Å². The second kappa shape index (κ2) is 6.61. The van der Waals surface area contributed by atoms with Gasteiger partial charge in [-0.3, -0.25) is 0 Å². The van der Waals surface area contributed by atoms with Crippen molar-refractivity contribution >= 4 is 10.0 Å². The van der Waals surface area contributed by atoms with Crippen molar-refractivity contribution in [1.82, 2.24) is 4.72 Å². The van der Waals surface area contributed by atoms with Gasteiger partial charge in [0.05, 0.1) is 12.0 Å². The van der Waals surface area contributed by atoms with Crippen molar-refractivity contribution in [3.63, 3.8) is 0 Å². The molecule has 0 amide bonds. The lowest BCUT2D eigenvalue weighted by atomic mass is 10.3. The molecule has 0 saturated heterocycles. The predicted molar refractivity (Wildman–Crippen MR) is 67.4 cm³/mol. The number of ether oxygens (including phenoxy) is 1. The molecule has 0 fully saturated rings. The van der Waals surface area contributed by atoms with Crippen molar-refractivity contribution < 1.29 is 13.2 Å². The summed E-state index contributed by atoms with van der Waals surface area (Å²) in [5, 5.41) is 0. The molecule has 5 heteroatoms. The number of rotatable bonds is 7. The highest BCUT2D eigenvalue weighted by Gasteiger charge is 2.12. The topological polar surface area (TPSA) is 55.4 Å². The van der Waals surface area contributed by atoms with Crippen LogP contribution in [0.2, 0.25) is 0 Å². The number of nitrogens with one attached hydrogen (secondary N) is 1. The van der Waals surface area contributed by atoms with Crippen molar-refractivity contribution in [2.75, 3.05) is 13.7 Å². The third-order valence-electron chi connectivity index (χ3n) is 2.33. The van der Waals surface area contributed by atoms with Gasteiger partial charge in [0.1, 0.15) is 5.75 Å². The zero-order chi connectivity index (χ0) is 12.7. The molecular weight excluding hydrogens is 238 g/mol. The van der Waals surface area contributed by atoms with Crippen molar-refractivity contribution in [1.29, 1.82) is 0 Å². The highest BCUT2D eigenvalue weighted by atomic mass is 32.2. The maximum atomic E-state index is 11.8. The lowest BCUT2D eigenvalue weighted by Crippen LogP contribution is -2.24. The first kappa shape index (κ1) is 14.0. The first-order chi connectivity index (χ1) is 8.10. The van der Waals surface area contributed by atoms with Crippen LogP contribution in [-0.2, 0) is 10.0 Å². The minimum Gasteiger partial charge on any atom is -0.497 e. The minimum atomic E-state index is -3.39. The fourth-order valence-electron chi connectivity index (χ4n) is 1.35. The molecule has 0 bridgehead atoms. The minimum absolute atomic E-state index is 0.263. The van der Waals surface area contributed by atoms with E-state index in [4.69, 9.17) is 4.74 Å². The van der Waals surface area contributed by atoms with E-state index < -0.39 is 10.0 Å². The lowest BCUT2D eigenvalue weighted by Gasteiger charge is -2.07. The Morgan fingerprint density at radius 3 is 2.47 bits per heavy atom. The van der Waals surface area contributed by atoms with Crippen LogP contribution in [0.15, 0.2) is 29.2 Å². The molecule has 4 nitrogen and oxygen atoms in total. The number of methoxy groups -OCH3 is 1. The Bertz CT molecular complexity index is 426. The third kappa shape index (κ3) is 4.36. The van der Waals surface area contributed by atoms with Gasteiger partial charge in [0.25, 0.3) is 0 Å². The zero-order valence-electron chi connectivity index (χ0n) is 10.1. The van der Waals surface area contributed by atoms with Crippen LogP contribution >= 0.6 is 0 Å². The fourth-order valence-corrected chi connectivity index (χ4v) is 2.43. The average molecular weight is 256 g/mol. The standard InChI is InChI=1S/C12H18NO3S/c1-3-4-5-10-13-17(14,15)12-8-6-11(16-2)7-9-12/h3,6-9,13H,4-5,10H2,1-2H3. The zero-order valence-corrected chi connectivity index (χ0v) is 11.0. The summed E-state index contributed by atoms with van der Waals surface area (Å²) in [7, 11) is -1.84. The number of hydrogen-bond donors (Lipinski definition) is 1. The van der Waals surface area contributed by atoms with Crippen LogP contribution in [0.1, 0.15) is 19.8 Å². The molecule has 0 saturated carbocycles. The fraction of sp³-hybridized carbons (Fsp3) is 0.417. The summed E-state index contributed by atoms with van der Waals surface area (Å²) in [6.45, 7) is 2.41. The molecule has 1 N–H and O–H groups in total. The van der Waals surface area contributed by atoms with E-state index in [-0.39, 0.29) is 4.90 Å². The molecule has 0 aliphatic heterocycles. The molecular formula is C12H18NO3S. The number of hydrogen-bond acceptors (Lipinski definition) is 3. The SMILES string of the molecule is C[CH]CCCNS(=O)(=O)c1ccc(OC)cc1. The van der Waals surface area contributed by atoms with Gasteiger partial charge in [0, 0.05) is 6.54 Å². The van der Waals surface area contributed by atoms with E-state index in [0.717, 1.165) is 12.8 Å². The average Bonchev–Trinajstić information content (AvgIpc) is 2.35. The normalized spacial score (nSPS) is 11.4. The molecule has 0 aliphatic carbocycles. The van der Waals surface area contributed by atoms with E-state index in [1.165, 1.54) is 12.1 Å². The Morgan fingerprint density at radius 2 is 1.94 bits per heavy atom. The van der Waals surface area contributed by atoms with Gasteiger partial charge >= 0.3 is 0 Å². The van der Waals surface area contributed by atoms with E-state index in [2.05, 4.69) is 4.72 Å². The second-order valence-corrected chi connectivity index (χ2v) is 5.39. The van der Waals surface area contributed by atoms with Crippen LogP contribution in [0, 0.1) is 6.42 Å². The van der Waals surface area contributed by atoms with E-state index in [1.54, 1.807) is 19.2 Å². The Balaban J connectivity index is 2.62. The van der Waals surface area contributed by atoms with Crippen LogP contribution in [0.3, 0.4) is 0 Å². The summed E-state index contributed by atoms with van der Waals surface area (Å²) in [4.78, 5) is 0.263. The number of sulfonamides is 1. The predicted octanol–water partition coefficient (Wildman–Crippen LogP) is 1.98. The molecule has 0 aromatic heterocycles. The first-order valence-corrected chi connectivity index (χ1v) is 7.00. The second-order valence-electron chi connectivity index (χ2n) is 3.62. The number of benzene rings is 1. The molecule has 0 aliphatic rings. The molecule has 0 unspecified atom stereocenters. The first-order valence-electron chi connectivity index (χ1n) is 5.51.